The minimum absolute atomic E-state index is 0.0341. The highest BCUT2D eigenvalue weighted by atomic mass is 16.5. The second-order valence-electron chi connectivity index (χ2n) is 6.23. The fourth-order valence-corrected chi connectivity index (χ4v) is 3.22. The highest BCUT2D eigenvalue weighted by Crippen LogP contribution is 2.37. The van der Waals surface area contributed by atoms with Crippen molar-refractivity contribution < 1.29 is 9.47 Å². The summed E-state index contributed by atoms with van der Waals surface area (Å²) in [6.45, 7) is 3.51. The topological polar surface area (TPSA) is 57.8 Å². The normalized spacial score (nSPS) is 13.4. The van der Waals surface area contributed by atoms with E-state index in [9.17, 15) is 4.79 Å². The Morgan fingerprint density at radius 1 is 1.16 bits per heavy atom. The van der Waals surface area contributed by atoms with Crippen molar-refractivity contribution in [3.8, 4) is 22.8 Å². The van der Waals surface area contributed by atoms with E-state index >= 15 is 0 Å². The maximum atomic E-state index is 12.8. The molecule has 0 atom stereocenters. The van der Waals surface area contributed by atoms with E-state index in [1.54, 1.807) is 25.8 Å². The van der Waals surface area contributed by atoms with Crippen LogP contribution >= 0.6 is 0 Å². The van der Waals surface area contributed by atoms with E-state index < -0.39 is 0 Å². The Morgan fingerprint density at radius 3 is 2.56 bits per heavy atom. The monoisotopic (exact) mass is 343 g/mol. The van der Waals surface area contributed by atoms with Crippen molar-refractivity contribution in [3.63, 3.8) is 0 Å². The summed E-state index contributed by atoms with van der Waals surface area (Å²) in [6.07, 6.45) is 2.88. The summed E-state index contributed by atoms with van der Waals surface area (Å²) in [5.41, 5.74) is 3.74. The lowest BCUT2D eigenvalue weighted by atomic mass is 9.97. The molecule has 0 aliphatic carbocycles. The standard InChI is InChI=1S/C19H25N3O3/c1-5-6-8-20-18-12-15-14-11-17(25-4)16(24-3)10-13(14)7-9-22(15)19(23)21(18)2/h10-12H,5-9H2,1-4H3. The van der Waals surface area contributed by atoms with Crippen LogP contribution in [0.5, 0.6) is 11.5 Å². The fourth-order valence-electron chi connectivity index (χ4n) is 3.22. The van der Waals surface area contributed by atoms with Crippen LogP contribution in [0.4, 0.5) is 0 Å². The molecular weight excluding hydrogens is 318 g/mol. The number of hydrogen-bond donors (Lipinski definition) is 0. The first-order valence-corrected chi connectivity index (χ1v) is 8.67. The van der Waals surface area contributed by atoms with Gasteiger partial charge >= 0.3 is 5.69 Å². The van der Waals surface area contributed by atoms with Crippen LogP contribution in [0.2, 0.25) is 0 Å². The molecule has 1 aliphatic heterocycles. The molecule has 0 spiro atoms. The van der Waals surface area contributed by atoms with Crippen molar-refractivity contribution in [2.45, 2.75) is 32.7 Å². The first-order valence-electron chi connectivity index (χ1n) is 8.67. The predicted octanol–water partition coefficient (Wildman–Crippen LogP) is 2.13. The second-order valence-corrected chi connectivity index (χ2v) is 6.23. The molecular formula is C19H25N3O3. The number of methoxy groups -OCH3 is 2. The van der Waals surface area contributed by atoms with Crippen LogP contribution < -0.4 is 20.7 Å². The van der Waals surface area contributed by atoms with Gasteiger partial charge in [0.1, 0.15) is 5.49 Å². The van der Waals surface area contributed by atoms with Gasteiger partial charge < -0.3 is 9.47 Å². The molecule has 2 heterocycles. The maximum absolute atomic E-state index is 12.8. The van der Waals surface area contributed by atoms with E-state index in [1.165, 1.54) is 0 Å². The Hall–Kier alpha value is -2.50. The van der Waals surface area contributed by atoms with Gasteiger partial charge in [-0.25, -0.2) is 4.79 Å². The number of aromatic nitrogens is 2. The average Bonchev–Trinajstić information content (AvgIpc) is 2.64. The zero-order valence-electron chi connectivity index (χ0n) is 15.3. The van der Waals surface area contributed by atoms with Crippen molar-refractivity contribution in [1.29, 1.82) is 0 Å². The Morgan fingerprint density at radius 2 is 1.88 bits per heavy atom. The van der Waals surface area contributed by atoms with Gasteiger partial charge in [0.2, 0.25) is 0 Å². The van der Waals surface area contributed by atoms with Crippen LogP contribution in [-0.4, -0.2) is 29.9 Å². The van der Waals surface area contributed by atoms with Gasteiger partial charge in [0.25, 0.3) is 0 Å². The summed E-state index contributed by atoms with van der Waals surface area (Å²) in [7, 11) is 5.04. The maximum Gasteiger partial charge on any atom is 0.329 e. The number of ether oxygens (including phenoxy) is 2. The molecule has 134 valence electrons. The van der Waals surface area contributed by atoms with E-state index in [4.69, 9.17) is 9.47 Å². The SMILES string of the molecule is CCCCN=c1cc2n(c(=O)n1C)CCc1cc(OC)c(OC)cc1-2. The minimum Gasteiger partial charge on any atom is -0.493 e. The zero-order chi connectivity index (χ0) is 18.0. The third-order valence-electron chi connectivity index (χ3n) is 4.69. The highest BCUT2D eigenvalue weighted by Gasteiger charge is 2.21. The zero-order valence-corrected chi connectivity index (χ0v) is 15.3. The van der Waals surface area contributed by atoms with E-state index in [-0.39, 0.29) is 5.69 Å². The molecule has 0 bridgehead atoms. The molecule has 0 saturated heterocycles. The van der Waals surface area contributed by atoms with E-state index in [2.05, 4.69) is 11.9 Å². The first-order chi connectivity index (χ1) is 12.1. The largest absolute Gasteiger partial charge is 0.493 e. The molecule has 3 rings (SSSR count). The third-order valence-corrected chi connectivity index (χ3v) is 4.69. The molecule has 1 aromatic carbocycles. The quantitative estimate of drug-likeness (QED) is 0.782. The summed E-state index contributed by atoms with van der Waals surface area (Å²) in [4.78, 5) is 17.4. The summed E-state index contributed by atoms with van der Waals surface area (Å²) in [6, 6.07) is 5.96. The van der Waals surface area contributed by atoms with Crippen molar-refractivity contribution in [2.24, 2.45) is 12.0 Å². The molecule has 0 fully saturated rings. The second kappa shape index (κ2) is 7.17. The van der Waals surface area contributed by atoms with Crippen LogP contribution in [0, 0.1) is 0 Å². The lowest BCUT2D eigenvalue weighted by Gasteiger charge is -2.24. The van der Waals surface area contributed by atoms with Crippen molar-refractivity contribution >= 4 is 0 Å². The molecule has 6 nitrogen and oxygen atoms in total. The molecule has 1 aliphatic rings. The minimum atomic E-state index is -0.0341. The molecule has 25 heavy (non-hydrogen) atoms. The van der Waals surface area contributed by atoms with Gasteiger partial charge in [-0.1, -0.05) is 13.3 Å². The number of hydrogen-bond acceptors (Lipinski definition) is 4. The van der Waals surface area contributed by atoms with Crippen LogP contribution in [-0.2, 0) is 20.0 Å². The average molecular weight is 343 g/mol. The number of fused-ring (bicyclic) bond motifs is 3. The van der Waals surface area contributed by atoms with E-state index in [1.807, 2.05) is 22.8 Å². The molecule has 1 aromatic heterocycles. The smallest absolute Gasteiger partial charge is 0.329 e. The van der Waals surface area contributed by atoms with Gasteiger partial charge in [-0.05, 0) is 30.5 Å². The lowest BCUT2D eigenvalue weighted by Crippen LogP contribution is -2.40. The van der Waals surface area contributed by atoms with Crippen molar-refractivity contribution in [1.82, 2.24) is 9.13 Å². The number of aryl methyl sites for hydroxylation is 1. The van der Waals surface area contributed by atoms with Gasteiger partial charge in [0.05, 0.1) is 19.9 Å². The summed E-state index contributed by atoms with van der Waals surface area (Å²) < 4.78 is 14.3. The summed E-state index contributed by atoms with van der Waals surface area (Å²) in [5, 5.41) is 0. The van der Waals surface area contributed by atoms with E-state index in [0.717, 1.165) is 42.6 Å². The molecule has 0 amide bonds. The summed E-state index contributed by atoms with van der Waals surface area (Å²) >= 11 is 0. The van der Waals surface area contributed by atoms with Crippen LogP contribution in [0.1, 0.15) is 25.3 Å². The summed E-state index contributed by atoms with van der Waals surface area (Å²) in [5.74, 6) is 1.38. The lowest BCUT2D eigenvalue weighted by molar-refractivity contribution is 0.354. The first kappa shape index (κ1) is 17.3. The van der Waals surface area contributed by atoms with Crippen molar-refractivity contribution in [2.75, 3.05) is 20.8 Å². The van der Waals surface area contributed by atoms with Gasteiger partial charge in [-0.2, -0.15) is 0 Å². The fraction of sp³-hybridized carbons (Fsp3) is 0.474. The van der Waals surface area contributed by atoms with Crippen LogP contribution in [0.15, 0.2) is 28.0 Å². The van der Waals surface area contributed by atoms with Crippen LogP contribution in [0.3, 0.4) is 0 Å². The number of benzene rings is 1. The Labute approximate surface area is 147 Å². The van der Waals surface area contributed by atoms with Gasteiger partial charge in [-0.15, -0.1) is 0 Å². The molecule has 6 heteroatoms. The van der Waals surface area contributed by atoms with E-state index in [0.29, 0.717) is 23.5 Å². The Kier molecular flexibility index (Phi) is 4.97. The molecule has 0 unspecified atom stereocenters. The molecule has 2 aromatic rings. The van der Waals surface area contributed by atoms with Crippen molar-refractivity contribution in [3.05, 3.63) is 39.7 Å². The molecule has 0 radical (unpaired) electrons. The number of nitrogens with zero attached hydrogens (tertiary/aromatic N) is 3. The third kappa shape index (κ3) is 3.08. The highest BCUT2D eigenvalue weighted by molar-refractivity contribution is 5.70. The number of unbranched alkanes of at least 4 members (excludes halogenated alkanes) is 1. The Bertz CT molecular complexity index is 909. The Balaban J connectivity index is 2.21. The molecule has 0 N–H and O–H groups in total. The molecule has 0 saturated carbocycles. The number of rotatable bonds is 5. The van der Waals surface area contributed by atoms with Crippen LogP contribution in [0.25, 0.3) is 11.3 Å². The van der Waals surface area contributed by atoms with Gasteiger partial charge in [0.15, 0.2) is 11.5 Å². The van der Waals surface area contributed by atoms with Gasteiger partial charge in [-0.3, -0.25) is 14.1 Å². The van der Waals surface area contributed by atoms with Gasteiger partial charge in [0, 0.05) is 31.8 Å². The predicted molar refractivity (Wildman–Crippen MR) is 97.3 cm³/mol.